The van der Waals surface area contributed by atoms with Gasteiger partial charge in [-0.1, -0.05) is 0 Å². The summed E-state index contributed by atoms with van der Waals surface area (Å²) in [5.41, 5.74) is 0. The molecule has 0 spiro atoms. The Hall–Kier alpha value is -0.800. The highest BCUT2D eigenvalue weighted by molar-refractivity contribution is 4.75. The lowest BCUT2D eigenvalue weighted by Crippen LogP contribution is -2.44. The van der Waals surface area contributed by atoms with Gasteiger partial charge in [0.15, 0.2) is 6.29 Å². The molecule has 108 valence electrons. The zero-order valence-electron chi connectivity index (χ0n) is 11.1. The monoisotopic (exact) mass is 267 g/mol. The van der Waals surface area contributed by atoms with Crippen LogP contribution in [0.1, 0.15) is 13.3 Å². The minimum Gasteiger partial charge on any atom is -0.383 e. The van der Waals surface area contributed by atoms with Crippen LogP contribution in [0.3, 0.4) is 0 Å². The average molecular weight is 267 g/mol. The summed E-state index contributed by atoms with van der Waals surface area (Å²) in [6, 6.07) is -1.23. The zero-order valence-corrected chi connectivity index (χ0v) is 11.1. The summed E-state index contributed by atoms with van der Waals surface area (Å²) in [7, 11) is 4.18. The molecule has 0 saturated heterocycles. The average Bonchev–Trinajstić information content (AvgIpc) is 2.36. The van der Waals surface area contributed by atoms with Gasteiger partial charge in [0.25, 0.3) is 0 Å². The van der Waals surface area contributed by atoms with Crippen LogP contribution >= 0.6 is 0 Å². The van der Waals surface area contributed by atoms with E-state index in [0.29, 0.717) is 0 Å². The molecule has 8 heteroatoms. The van der Waals surface area contributed by atoms with Gasteiger partial charge in [0.2, 0.25) is 6.04 Å². The van der Waals surface area contributed by atoms with Gasteiger partial charge in [0, 0.05) is 26.3 Å². The van der Waals surface area contributed by atoms with Crippen LogP contribution in [0.5, 0.6) is 0 Å². The molecule has 0 radical (unpaired) electrons. The fourth-order valence-electron chi connectivity index (χ4n) is 1.42. The van der Waals surface area contributed by atoms with Crippen molar-refractivity contribution in [3.63, 3.8) is 0 Å². The van der Waals surface area contributed by atoms with E-state index in [4.69, 9.17) is 14.2 Å². The molecule has 0 bridgehead atoms. The first-order valence-electron chi connectivity index (χ1n) is 5.45. The van der Waals surface area contributed by atoms with E-state index in [2.05, 4.69) is 4.74 Å². The number of aliphatic hydroxyl groups is 1. The van der Waals surface area contributed by atoms with E-state index in [9.17, 15) is 15.2 Å². The van der Waals surface area contributed by atoms with Crippen LogP contribution in [0.25, 0.3) is 0 Å². The zero-order chi connectivity index (χ0) is 14.1. The Morgan fingerprint density at radius 3 is 2.22 bits per heavy atom. The Morgan fingerprint density at radius 2 is 1.83 bits per heavy atom. The lowest BCUT2D eigenvalue weighted by atomic mass is 10.0. The van der Waals surface area contributed by atoms with Crippen LogP contribution in [0, 0.1) is 10.1 Å². The minimum atomic E-state index is -1.28. The quantitative estimate of drug-likeness (QED) is 0.338. The van der Waals surface area contributed by atoms with E-state index in [1.807, 2.05) is 0 Å². The summed E-state index contributed by atoms with van der Waals surface area (Å²) in [6.07, 6.45) is -2.82. The van der Waals surface area contributed by atoms with Crippen LogP contribution in [0.4, 0.5) is 0 Å². The number of ether oxygens (including phenoxy) is 4. The molecule has 0 saturated carbocycles. The first kappa shape index (κ1) is 17.2. The highest BCUT2D eigenvalue weighted by atomic mass is 16.7. The fourth-order valence-corrected chi connectivity index (χ4v) is 1.42. The number of hydrogen-bond acceptors (Lipinski definition) is 7. The summed E-state index contributed by atoms with van der Waals surface area (Å²) in [6.45, 7) is 1.50. The van der Waals surface area contributed by atoms with Crippen molar-refractivity contribution in [2.75, 3.05) is 28.1 Å². The van der Waals surface area contributed by atoms with E-state index in [1.54, 1.807) is 0 Å². The van der Waals surface area contributed by atoms with Crippen LogP contribution in [-0.2, 0) is 18.9 Å². The van der Waals surface area contributed by atoms with E-state index >= 15 is 0 Å². The van der Waals surface area contributed by atoms with Crippen molar-refractivity contribution in [3.05, 3.63) is 10.1 Å². The molecule has 0 rings (SSSR count). The summed E-state index contributed by atoms with van der Waals surface area (Å²) >= 11 is 0. The Bertz CT molecular complexity index is 234. The molecule has 0 unspecified atom stereocenters. The van der Waals surface area contributed by atoms with E-state index in [1.165, 1.54) is 28.3 Å². The van der Waals surface area contributed by atoms with Crippen molar-refractivity contribution in [3.8, 4) is 0 Å². The number of nitro groups is 1. The summed E-state index contributed by atoms with van der Waals surface area (Å²) in [4.78, 5) is 10.4. The van der Waals surface area contributed by atoms with E-state index in [0.717, 1.165) is 0 Å². The topological polar surface area (TPSA) is 100 Å². The SMILES string of the molecule is COCO[C@@H](C)[C@H](O)[C@@H](CC(OC)OC)[N+](=O)[O-]. The first-order chi connectivity index (χ1) is 8.47. The number of rotatable bonds is 10. The molecule has 18 heavy (non-hydrogen) atoms. The van der Waals surface area contributed by atoms with Crippen LogP contribution in [0.2, 0.25) is 0 Å². The van der Waals surface area contributed by atoms with Crippen molar-refractivity contribution in [1.29, 1.82) is 0 Å². The number of aliphatic hydroxyl groups excluding tert-OH is 1. The summed E-state index contributed by atoms with van der Waals surface area (Å²) < 4.78 is 19.5. The van der Waals surface area contributed by atoms with Crippen molar-refractivity contribution in [2.45, 2.75) is 37.9 Å². The van der Waals surface area contributed by atoms with Crippen molar-refractivity contribution in [2.24, 2.45) is 0 Å². The highest BCUT2D eigenvalue weighted by Crippen LogP contribution is 2.14. The number of hydrogen-bond donors (Lipinski definition) is 1. The van der Waals surface area contributed by atoms with Crippen molar-refractivity contribution < 1.29 is 29.0 Å². The van der Waals surface area contributed by atoms with Gasteiger partial charge in [-0.3, -0.25) is 10.1 Å². The Morgan fingerprint density at radius 1 is 1.28 bits per heavy atom. The van der Waals surface area contributed by atoms with E-state index in [-0.39, 0.29) is 13.2 Å². The van der Waals surface area contributed by atoms with Gasteiger partial charge in [-0.15, -0.1) is 0 Å². The van der Waals surface area contributed by atoms with Crippen LogP contribution in [-0.4, -0.2) is 62.7 Å². The van der Waals surface area contributed by atoms with Gasteiger partial charge in [-0.2, -0.15) is 0 Å². The van der Waals surface area contributed by atoms with Gasteiger partial charge in [-0.25, -0.2) is 0 Å². The molecule has 1 N–H and O–H groups in total. The Labute approximate surface area is 106 Å². The van der Waals surface area contributed by atoms with Gasteiger partial charge in [0.05, 0.1) is 12.5 Å². The molecule has 0 heterocycles. The molecule has 0 aliphatic rings. The molecule has 0 fully saturated rings. The minimum absolute atomic E-state index is 0.0410. The first-order valence-corrected chi connectivity index (χ1v) is 5.45. The second-order valence-electron chi connectivity index (χ2n) is 3.76. The van der Waals surface area contributed by atoms with Crippen LogP contribution < -0.4 is 0 Å². The normalized spacial score (nSPS) is 16.6. The van der Waals surface area contributed by atoms with Gasteiger partial charge >= 0.3 is 0 Å². The smallest absolute Gasteiger partial charge is 0.245 e. The Balaban J connectivity index is 4.52. The lowest BCUT2D eigenvalue weighted by molar-refractivity contribution is -0.542. The fraction of sp³-hybridized carbons (Fsp3) is 1.00. The molecule has 0 aromatic carbocycles. The molecule has 0 amide bonds. The summed E-state index contributed by atoms with van der Waals surface area (Å²) in [5, 5.41) is 20.8. The molecule has 8 nitrogen and oxygen atoms in total. The van der Waals surface area contributed by atoms with Gasteiger partial charge < -0.3 is 24.1 Å². The Kier molecular flexibility index (Phi) is 8.77. The second kappa shape index (κ2) is 9.17. The standard InChI is InChI=1S/C10H21NO7/c1-7(18-6-15-2)10(12)8(11(13)14)5-9(16-3)17-4/h7-10,12H,5-6H2,1-4H3/t7-,8+,10-/m0/s1. The maximum Gasteiger partial charge on any atom is 0.245 e. The third-order valence-electron chi connectivity index (χ3n) is 2.55. The third-order valence-corrected chi connectivity index (χ3v) is 2.55. The third kappa shape index (κ3) is 5.69. The maximum absolute atomic E-state index is 10.9. The molecule has 0 aromatic heterocycles. The number of methoxy groups -OCH3 is 3. The predicted octanol–water partition coefficient (Wildman–Crippen LogP) is 0.0106. The van der Waals surface area contributed by atoms with Crippen LogP contribution in [0.15, 0.2) is 0 Å². The largest absolute Gasteiger partial charge is 0.383 e. The molecule has 3 atom stereocenters. The van der Waals surface area contributed by atoms with Crippen molar-refractivity contribution >= 4 is 0 Å². The number of nitrogens with zero attached hydrogens (tertiary/aromatic N) is 1. The lowest BCUT2D eigenvalue weighted by Gasteiger charge is -2.24. The van der Waals surface area contributed by atoms with Gasteiger partial charge in [0.1, 0.15) is 12.9 Å². The molecule has 0 aromatic rings. The summed E-state index contributed by atoms with van der Waals surface area (Å²) in [5.74, 6) is 0. The molecular formula is C10H21NO7. The molecule has 0 aliphatic heterocycles. The van der Waals surface area contributed by atoms with Crippen molar-refractivity contribution in [1.82, 2.24) is 0 Å². The molecular weight excluding hydrogens is 246 g/mol. The predicted molar refractivity (Wildman–Crippen MR) is 61.6 cm³/mol. The van der Waals surface area contributed by atoms with E-state index < -0.39 is 29.5 Å². The second-order valence-corrected chi connectivity index (χ2v) is 3.76. The maximum atomic E-state index is 10.9. The molecule has 0 aliphatic carbocycles. The highest BCUT2D eigenvalue weighted by Gasteiger charge is 2.37. The van der Waals surface area contributed by atoms with Gasteiger partial charge in [-0.05, 0) is 6.92 Å².